The highest BCUT2D eigenvalue weighted by Gasteiger charge is 2.20. The van der Waals surface area contributed by atoms with Crippen LogP contribution in [0.1, 0.15) is 19.4 Å². The highest BCUT2D eigenvalue weighted by Crippen LogP contribution is 2.29. The van der Waals surface area contributed by atoms with Gasteiger partial charge in [-0.05, 0) is 44.3 Å². The number of amides is 1. The molecule has 0 unspecified atom stereocenters. The number of benzene rings is 2. The summed E-state index contributed by atoms with van der Waals surface area (Å²) in [5.41, 5.74) is 2.18. The van der Waals surface area contributed by atoms with Gasteiger partial charge in [-0.15, -0.1) is 11.8 Å². The lowest BCUT2D eigenvalue weighted by molar-refractivity contribution is -0.116. The fourth-order valence-electron chi connectivity index (χ4n) is 2.94. The Morgan fingerprint density at radius 3 is 2.43 bits per heavy atom. The minimum absolute atomic E-state index is 0.108. The molecule has 0 radical (unpaired) electrons. The second-order valence-electron chi connectivity index (χ2n) is 6.64. The lowest BCUT2D eigenvalue weighted by Gasteiger charge is -2.24. The molecule has 0 saturated heterocycles. The molecule has 0 atom stereocenters. The number of aromatic nitrogens is 1. The van der Waals surface area contributed by atoms with Crippen molar-refractivity contribution in [1.82, 2.24) is 9.88 Å². The molecule has 1 heterocycles. The maximum atomic E-state index is 13.1. The van der Waals surface area contributed by atoms with E-state index < -0.39 is 0 Å². The first-order chi connectivity index (χ1) is 13.6. The van der Waals surface area contributed by atoms with E-state index in [0.29, 0.717) is 12.3 Å². The highest BCUT2D eigenvalue weighted by atomic mass is 32.2. The zero-order chi connectivity index (χ0) is 19.9. The van der Waals surface area contributed by atoms with Crippen molar-refractivity contribution >= 4 is 44.4 Å². The number of hydrogen-bond acceptors (Lipinski definition) is 5. The molecule has 3 aromatic rings. The Morgan fingerprint density at radius 2 is 1.75 bits per heavy atom. The zero-order valence-electron chi connectivity index (χ0n) is 16.7. The van der Waals surface area contributed by atoms with Crippen molar-refractivity contribution in [1.29, 1.82) is 0 Å². The predicted octanol–water partition coefficient (Wildman–Crippen LogP) is 5.07. The summed E-state index contributed by atoms with van der Waals surface area (Å²) in [6, 6.07) is 16.4. The van der Waals surface area contributed by atoms with E-state index in [0.717, 1.165) is 39.9 Å². The number of thioether (sulfide) groups is 1. The van der Waals surface area contributed by atoms with Gasteiger partial charge in [0.15, 0.2) is 5.13 Å². The minimum Gasteiger partial charge on any atom is -0.302 e. The molecule has 0 aliphatic carbocycles. The van der Waals surface area contributed by atoms with Crippen LogP contribution in [0.3, 0.4) is 0 Å². The summed E-state index contributed by atoms with van der Waals surface area (Å²) in [6.45, 7) is 9.86. The molecular formula is C22H27N3OS2. The van der Waals surface area contributed by atoms with Gasteiger partial charge in [-0.2, -0.15) is 0 Å². The van der Waals surface area contributed by atoms with Gasteiger partial charge in [-0.25, -0.2) is 4.98 Å². The number of anilines is 1. The molecule has 28 heavy (non-hydrogen) atoms. The third-order valence-corrected chi connectivity index (χ3v) is 6.79. The molecule has 0 saturated carbocycles. The smallest absolute Gasteiger partial charge is 0.239 e. The molecular weight excluding hydrogens is 386 g/mol. The zero-order valence-corrected chi connectivity index (χ0v) is 18.4. The van der Waals surface area contributed by atoms with Crippen molar-refractivity contribution in [2.24, 2.45) is 0 Å². The number of fused-ring (bicyclic) bond motifs is 1. The number of hydrogen-bond donors (Lipinski definition) is 0. The van der Waals surface area contributed by atoms with E-state index in [1.807, 2.05) is 23.1 Å². The highest BCUT2D eigenvalue weighted by molar-refractivity contribution is 8.00. The SMILES string of the molecule is CCN(CC)CCN(C(=O)CSc1ccc(C)cc1)c1nc2ccccc2s1. The number of carbonyl (C=O) groups excluding carboxylic acids is 1. The Labute approximate surface area is 175 Å². The number of thiazole rings is 1. The average Bonchev–Trinajstić information content (AvgIpc) is 3.14. The number of para-hydroxylation sites is 1. The van der Waals surface area contributed by atoms with Crippen molar-refractivity contribution in [3.05, 3.63) is 54.1 Å². The summed E-state index contributed by atoms with van der Waals surface area (Å²) in [5, 5.41) is 0.794. The first kappa shape index (κ1) is 20.8. The molecule has 0 N–H and O–H groups in total. The largest absolute Gasteiger partial charge is 0.302 e. The van der Waals surface area contributed by atoms with E-state index in [1.54, 1.807) is 23.1 Å². The molecule has 6 heteroatoms. The number of rotatable bonds is 9. The molecule has 0 spiro atoms. The lowest BCUT2D eigenvalue weighted by atomic mass is 10.2. The van der Waals surface area contributed by atoms with Crippen molar-refractivity contribution in [3.8, 4) is 0 Å². The van der Waals surface area contributed by atoms with Crippen molar-refractivity contribution < 1.29 is 4.79 Å². The molecule has 0 bridgehead atoms. The van der Waals surface area contributed by atoms with E-state index in [1.165, 1.54) is 5.56 Å². The third kappa shape index (κ3) is 5.34. The summed E-state index contributed by atoms with van der Waals surface area (Å²) >= 11 is 3.18. The van der Waals surface area contributed by atoms with Gasteiger partial charge < -0.3 is 4.90 Å². The Bertz CT molecular complexity index is 871. The van der Waals surface area contributed by atoms with Crippen LogP contribution in [0.15, 0.2) is 53.4 Å². The molecule has 0 fully saturated rings. The summed E-state index contributed by atoms with van der Waals surface area (Å²) in [6.07, 6.45) is 0. The number of likely N-dealkylation sites (N-methyl/N-ethyl adjacent to an activating group) is 1. The van der Waals surface area contributed by atoms with Crippen LogP contribution in [0, 0.1) is 6.92 Å². The quantitative estimate of drug-likeness (QED) is 0.459. The second kappa shape index (κ2) is 10.0. The van der Waals surface area contributed by atoms with E-state index in [9.17, 15) is 4.79 Å². The monoisotopic (exact) mass is 413 g/mol. The molecule has 1 amide bonds. The summed E-state index contributed by atoms with van der Waals surface area (Å²) in [7, 11) is 0. The molecule has 0 aliphatic heterocycles. The fourth-order valence-corrected chi connectivity index (χ4v) is 4.72. The first-order valence-electron chi connectivity index (χ1n) is 9.68. The van der Waals surface area contributed by atoms with Crippen molar-refractivity contribution in [2.45, 2.75) is 25.7 Å². The summed E-state index contributed by atoms with van der Waals surface area (Å²) < 4.78 is 1.12. The summed E-state index contributed by atoms with van der Waals surface area (Å²) in [4.78, 5) is 23.1. The fraction of sp³-hybridized carbons (Fsp3) is 0.364. The van der Waals surface area contributed by atoms with E-state index in [-0.39, 0.29) is 5.91 Å². The van der Waals surface area contributed by atoms with Gasteiger partial charge in [0.05, 0.1) is 16.0 Å². The van der Waals surface area contributed by atoms with Crippen LogP contribution in [0.25, 0.3) is 10.2 Å². The Balaban J connectivity index is 1.75. The first-order valence-corrected chi connectivity index (χ1v) is 11.5. The minimum atomic E-state index is 0.108. The lowest BCUT2D eigenvalue weighted by Crippen LogP contribution is -2.39. The van der Waals surface area contributed by atoms with Crippen LogP contribution in [0.5, 0.6) is 0 Å². The molecule has 0 aliphatic rings. The Kier molecular flexibility index (Phi) is 7.48. The Hall–Kier alpha value is -1.89. The molecule has 1 aromatic heterocycles. The third-order valence-electron chi connectivity index (χ3n) is 4.73. The number of nitrogens with zero attached hydrogens (tertiary/aromatic N) is 3. The van der Waals surface area contributed by atoms with Crippen LogP contribution in [-0.2, 0) is 4.79 Å². The van der Waals surface area contributed by atoms with Gasteiger partial charge in [0, 0.05) is 18.0 Å². The average molecular weight is 414 g/mol. The second-order valence-corrected chi connectivity index (χ2v) is 8.70. The predicted molar refractivity (Wildman–Crippen MR) is 122 cm³/mol. The topological polar surface area (TPSA) is 36.4 Å². The number of aryl methyl sites for hydroxylation is 1. The maximum absolute atomic E-state index is 13.1. The van der Waals surface area contributed by atoms with Crippen LogP contribution < -0.4 is 4.90 Å². The molecule has 3 rings (SSSR count). The van der Waals surface area contributed by atoms with Crippen LogP contribution in [0.4, 0.5) is 5.13 Å². The standard InChI is InChI=1S/C22H27N3OS2/c1-4-24(5-2)14-15-25(22-23-19-8-6-7-9-20(19)28-22)21(26)16-27-18-12-10-17(3)11-13-18/h6-13H,4-5,14-16H2,1-3H3. The normalized spacial score (nSPS) is 11.3. The Morgan fingerprint density at radius 1 is 1.04 bits per heavy atom. The molecule has 2 aromatic carbocycles. The van der Waals surface area contributed by atoms with E-state index >= 15 is 0 Å². The van der Waals surface area contributed by atoms with Crippen LogP contribution in [-0.4, -0.2) is 47.7 Å². The molecule has 148 valence electrons. The van der Waals surface area contributed by atoms with E-state index in [4.69, 9.17) is 4.98 Å². The van der Waals surface area contributed by atoms with Gasteiger partial charge in [-0.1, -0.05) is 55.0 Å². The summed E-state index contributed by atoms with van der Waals surface area (Å²) in [5.74, 6) is 0.522. The van der Waals surface area contributed by atoms with Gasteiger partial charge in [-0.3, -0.25) is 9.69 Å². The van der Waals surface area contributed by atoms with E-state index in [2.05, 4.69) is 56.0 Å². The van der Waals surface area contributed by atoms with Crippen LogP contribution >= 0.6 is 23.1 Å². The number of carbonyl (C=O) groups is 1. The van der Waals surface area contributed by atoms with Crippen LogP contribution in [0.2, 0.25) is 0 Å². The van der Waals surface area contributed by atoms with Gasteiger partial charge >= 0.3 is 0 Å². The van der Waals surface area contributed by atoms with Gasteiger partial charge in [0.25, 0.3) is 0 Å². The van der Waals surface area contributed by atoms with Gasteiger partial charge in [0.2, 0.25) is 5.91 Å². The van der Waals surface area contributed by atoms with Gasteiger partial charge in [0.1, 0.15) is 0 Å². The van der Waals surface area contributed by atoms with Crippen molar-refractivity contribution in [2.75, 3.05) is 36.8 Å². The molecule has 4 nitrogen and oxygen atoms in total. The maximum Gasteiger partial charge on any atom is 0.239 e. The van der Waals surface area contributed by atoms with Crippen molar-refractivity contribution in [3.63, 3.8) is 0 Å².